The first kappa shape index (κ1) is 22.8. The number of halogens is 2. The lowest BCUT2D eigenvalue weighted by molar-refractivity contribution is 0.113. The lowest BCUT2D eigenvalue weighted by Gasteiger charge is -2.35. The number of urea groups is 1. The molecule has 33 heavy (non-hydrogen) atoms. The lowest BCUT2D eigenvalue weighted by atomic mass is 9.96. The van der Waals surface area contributed by atoms with Gasteiger partial charge in [0.15, 0.2) is 0 Å². The predicted octanol–water partition coefficient (Wildman–Crippen LogP) is 4.85. The topological polar surface area (TPSA) is 64.1 Å². The van der Waals surface area contributed by atoms with E-state index in [0.717, 1.165) is 23.8 Å². The summed E-state index contributed by atoms with van der Waals surface area (Å²) in [5.74, 6) is -0.846. The number of carbonyl (C=O) groups is 2. The van der Waals surface area contributed by atoms with Crippen LogP contribution < -0.4 is 0 Å². The molecule has 0 bridgehead atoms. The third kappa shape index (κ3) is 4.99. The molecule has 0 aliphatic carbocycles. The van der Waals surface area contributed by atoms with Gasteiger partial charge in [-0.15, -0.1) is 0 Å². The monoisotopic (exact) mass is 455 g/mol. The minimum Gasteiger partial charge on any atom is -0.465 e. The summed E-state index contributed by atoms with van der Waals surface area (Å²) in [5.41, 5.74) is 1.62. The van der Waals surface area contributed by atoms with Crippen molar-refractivity contribution in [2.45, 2.75) is 18.9 Å². The molecule has 8 heteroatoms. The van der Waals surface area contributed by atoms with Crippen LogP contribution in [-0.4, -0.2) is 65.2 Å². The van der Waals surface area contributed by atoms with Crippen LogP contribution in [0.3, 0.4) is 0 Å². The van der Waals surface area contributed by atoms with Crippen LogP contribution in [0.4, 0.5) is 18.4 Å². The molecular weight excluding hydrogens is 428 g/mol. The summed E-state index contributed by atoms with van der Waals surface area (Å²) in [7, 11) is 1.73. The summed E-state index contributed by atoms with van der Waals surface area (Å²) < 4.78 is 28.3. The highest BCUT2D eigenvalue weighted by atomic mass is 19.1. The molecule has 1 N–H and O–H groups in total. The SMILES string of the molecule is CN(CC1CCN(C(=O)O)CC1)C(=O)N1CC(c2cc(F)ccc2F)=C[C@H]1c1ccccc1. The molecule has 1 fully saturated rings. The standard InChI is InChI=1S/C25H27F2N3O3/c1-28(15-17-9-11-29(12-10-17)25(32)33)24(31)30-16-19(21-14-20(26)7-8-22(21)27)13-23(30)18-5-3-2-4-6-18/h2-8,13-14,17,23H,9-12,15-16H2,1H3,(H,32,33)/t23-/m0/s1. The molecule has 2 aliphatic rings. The van der Waals surface area contributed by atoms with E-state index in [9.17, 15) is 18.4 Å². The fourth-order valence-electron chi connectivity index (χ4n) is 4.64. The number of carboxylic acid groups (broad SMARTS) is 1. The van der Waals surface area contributed by atoms with Crippen LogP contribution >= 0.6 is 0 Å². The Labute approximate surface area is 191 Å². The van der Waals surface area contributed by atoms with Crippen molar-refractivity contribution in [3.63, 3.8) is 0 Å². The third-order valence-corrected chi connectivity index (χ3v) is 6.44. The Bertz CT molecular complexity index is 1050. The fourth-order valence-corrected chi connectivity index (χ4v) is 4.64. The van der Waals surface area contributed by atoms with Crippen molar-refractivity contribution in [2.24, 2.45) is 5.92 Å². The number of likely N-dealkylation sites (tertiary alicyclic amines) is 1. The summed E-state index contributed by atoms with van der Waals surface area (Å²) in [4.78, 5) is 29.3. The first-order valence-electron chi connectivity index (χ1n) is 11.0. The number of hydrogen-bond acceptors (Lipinski definition) is 2. The summed E-state index contributed by atoms with van der Waals surface area (Å²) >= 11 is 0. The average Bonchev–Trinajstić information content (AvgIpc) is 3.26. The van der Waals surface area contributed by atoms with Crippen molar-refractivity contribution in [3.8, 4) is 0 Å². The van der Waals surface area contributed by atoms with Gasteiger partial charge in [-0.2, -0.15) is 0 Å². The Morgan fingerprint density at radius 1 is 1.09 bits per heavy atom. The van der Waals surface area contributed by atoms with E-state index in [0.29, 0.717) is 38.0 Å². The maximum atomic E-state index is 14.5. The number of carbonyl (C=O) groups excluding carboxylic acids is 1. The average molecular weight is 456 g/mol. The quantitative estimate of drug-likeness (QED) is 0.717. The molecule has 6 nitrogen and oxygen atoms in total. The van der Waals surface area contributed by atoms with Crippen molar-refractivity contribution < 1.29 is 23.5 Å². The normalized spacial score (nSPS) is 18.9. The van der Waals surface area contributed by atoms with E-state index in [4.69, 9.17) is 5.11 Å². The third-order valence-electron chi connectivity index (χ3n) is 6.44. The van der Waals surface area contributed by atoms with Crippen molar-refractivity contribution >= 4 is 17.7 Å². The van der Waals surface area contributed by atoms with Crippen molar-refractivity contribution in [2.75, 3.05) is 33.2 Å². The van der Waals surface area contributed by atoms with Gasteiger partial charge in [0.1, 0.15) is 11.6 Å². The van der Waals surface area contributed by atoms with E-state index in [1.165, 1.54) is 4.90 Å². The molecule has 1 atom stereocenters. The molecule has 0 saturated carbocycles. The van der Waals surface area contributed by atoms with Gasteiger partial charge in [-0.3, -0.25) is 0 Å². The van der Waals surface area contributed by atoms with Crippen molar-refractivity contribution in [3.05, 3.63) is 77.4 Å². The number of nitrogens with zero attached hydrogens (tertiary/aromatic N) is 3. The van der Waals surface area contributed by atoms with Gasteiger partial charge in [0.25, 0.3) is 0 Å². The predicted molar refractivity (Wildman–Crippen MR) is 121 cm³/mol. The molecular formula is C25H27F2N3O3. The Morgan fingerprint density at radius 2 is 1.79 bits per heavy atom. The van der Waals surface area contributed by atoms with E-state index >= 15 is 0 Å². The molecule has 4 rings (SSSR count). The molecule has 0 spiro atoms. The zero-order valence-corrected chi connectivity index (χ0v) is 18.5. The van der Waals surface area contributed by atoms with Gasteiger partial charge in [-0.1, -0.05) is 36.4 Å². The minimum atomic E-state index is -0.913. The molecule has 2 aromatic rings. The molecule has 0 unspecified atom stereocenters. The van der Waals surface area contributed by atoms with E-state index in [2.05, 4.69) is 0 Å². The summed E-state index contributed by atoms with van der Waals surface area (Å²) in [6, 6.07) is 12.2. The number of hydrogen-bond donors (Lipinski definition) is 1. The van der Waals surface area contributed by atoms with Gasteiger partial charge in [0.05, 0.1) is 6.04 Å². The van der Waals surface area contributed by atoms with E-state index in [-0.39, 0.29) is 24.1 Å². The highest BCUT2D eigenvalue weighted by Crippen LogP contribution is 2.36. The largest absolute Gasteiger partial charge is 0.465 e. The van der Waals surface area contributed by atoms with E-state index in [1.54, 1.807) is 16.8 Å². The smallest absolute Gasteiger partial charge is 0.407 e. The number of amides is 3. The van der Waals surface area contributed by atoms with Gasteiger partial charge in [0.2, 0.25) is 0 Å². The Balaban J connectivity index is 1.52. The second kappa shape index (κ2) is 9.60. The molecule has 174 valence electrons. The summed E-state index contributed by atoms with van der Waals surface area (Å²) in [6.45, 7) is 1.60. The zero-order valence-electron chi connectivity index (χ0n) is 18.5. The Morgan fingerprint density at radius 3 is 2.45 bits per heavy atom. The van der Waals surface area contributed by atoms with Crippen molar-refractivity contribution in [1.29, 1.82) is 0 Å². The number of rotatable bonds is 4. The maximum absolute atomic E-state index is 14.5. The Kier molecular flexibility index (Phi) is 6.62. The molecule has 2 aromatic carbocycles. The Hall–Kier alpha value is -3.42. The fraction of sp³-hybridized carbons (Fsp3) is 0.360. The first-order chi connectivity index (χ1) is 15.8. The van der Waals surface area contributed by atoms with Crippen LogP contribution in [0.15, 0.2) is 54.6 Å². The second-order valence-corrected chi connectivity index (χ2v) is 8.68. The van der Waals surface area contributed by atoms with Crippen LogP contribution in [0.5, 0.6) is 0 Å². The van der Waals surface area contributed by atoms with Gasteiger partial charge in [-0.25, -0.2) is 18.4 Å². The lowest BCUT2D eigenvalue weighted by Crippen LogP contribution is -2.45. The van der Waals surface area contributed by atoms with Gasteiger partial charge < -0.3 is 19.8 Å². The first-order valence-corrected chi connectivity index (χ1v) is 11.0. The maximum Gasteiger partial charge on any atom is 0.407 e. The molecule has 0 aromatic heterocycles. The van der Waals surface area contributed by atoms with Crippen LogP contribution in [0.1, 0.15) is 30.0 Å². The van der Waals surface area contributed by atoms with Gasteiger partial charge in [-0.05, 0) is 48.1 Å². The van der Waals surface area contributed by atoms with Crippen LogP contribution in [-0.2, 0) is 0 Å². The van der Waals surface area contributed by atoms with Crippen LogP contribution in [0.25, 0.3) is 5.57 Å². The van der Waals surface area contributed by atoms with Crippen LogP contribution in [0, 0.1) is 17.6 Å². The number of benzene rings is 2. The molecule has 3 amide bonds. The van der Waals surface area contributed by atoms with Crippen LogP contribution in [0.2, 0.25) is 0 Å². The molecule has 0 radical (unpaired) electrons. The highest BCUT2D eigenvalue weighted by molar-refractivity contribution is 5.82. The molecule has 1 saturated heterocycles. The summed E-state index contributed by atoms with van der Waals surface area (Å²) in [5, 5.41) is 9.13. The second-order valence-electron chi connectivity index (χ2n) is 8.68. The zero-order chi connectivity index (χ0) is 23.5. The van der Waals surface area contributed by atoms with Crippen molar-refractivity contribution in [1.82, 2.24) is 14.7 Å². The van der Waals surface area contributed by atoms with Gasteiger partial charge >= 0.3 is 12.1 Å². The summed E-state index contributed by atoms with van der Waals surface area (Å²) in [6.07, 6.45) is 2.31. The number of piperidine rings is 1. The van der Waals surface area contributed by atoms with E-state index in [1.807, 2.05) is 36.4 Å². The highest BCUT2D eigenvalue weighted by Gasteiger charge is 2.34. The van der Waals surface area contributed by atoms with Gasteiger partial charge in [0, 0.05) is 38.8 Å². The molecule has 2 heterocycles. The van der Waals surface area contributed by atoms with E-state index < -0.39 is 23.8 Å². The molecule has 2 aliphatic heterocycles. The minimum absolute atomic E-state index is 0.162.